The number of carbonyl (C=O) groups excluding carboxylic acids is 2. The van der Waals surface area contributed by atoms with Crippen molar-refractivity contribution in [3.63, 3.8) is 0 Å². The van der Waals surface area contributed by atoms with Crippen LogP contribution in [-0.2, 0) is 4.79 Å². The van der Waals surface area contributed by atoms with E-state index in [1.165, 1.54) is 6.33 Å². The molecule has 152 valence electrons. The summed E-state index contributed by atoms with van der Waals surface area (Å²) in [5, 5.41) is 0. The molecule has 0 bridgehead atoms. The molecule has 2 aromatic heterocycles. The van der Waals surface area contributed by atoms with Crippen LogP contribution in [0.4, 0.5) is 11.6 Å². The number of carbonyl (C=O) groups is 2. The second-order valence-corrected chi connectivity index (χ2v) is 7.22. The van der Waals surface area contributed by atoms with Gasteiger partial charge in [-0.1, -0.05) is 6.07 Å². The van der Waals surface area contributed by atoms with Crippen LogP contribution in [0.5, 0.6) is 0 Å². The molecule has 2 fully saturated rings. The van der Waals surface area contributed by atoms with Gasteiger partial charge in [-0.3, -0.25) is 9.59 Å². The van der Waals surface area contributed by atoms with Crippen LogP contribution in [0.2, 0.25) is 0 Å². The van der Waals surface area contributed by atoms with Crippen molar-refractivity contribution in [1.29, 1.82) is 0 Å². The van der Waals surface area contributed by atoms with Crippen molar-refractivity contribution >= 4 is 23.5 Å². The molecule has 0 spiro atoms. The van der Waals surface area contributed by atoms with Gasteiger partial charge >= 0.3 is 0 Å². The van der Waals surface area contributed by atoms with Crippen molar-refractivity contribution in [3.05, 3.63) is 42.5 Å². The molecule has 0 aliphatic carbocycles. The molecule has 2 aliphatic heterocycles. The smallest absolute Gasteiger partial charge is 0.272 e. The Morgan fingerprint density at radius 3 is 2.07 bits per heavy atom. The molecule has 0 N–H and O–H groups in total. The lowest BCUT2D eigenvalue weighted by Crippen LogP contribution is -2.50. The van der Waals surface area contributed by atoms with Crippen molar-refractivity contribution in [2.75, 3.05) is 62.2 Å². The molecule has 0 aromatic carbocycles. The maximum absolute atomic E-state index is 12.8. The predicted molar refractivity (Wildman–Crippen MR) is 109 cm³/mol. The molecule has 2 aliphatic rings. The summed E-state index contributed by atoms with van der Waals surface area (Å²) in [6.45, 7) is 7.04. The minimum Gasteiger partial charge on any atom is -0.353 e. The normalized spacial score (nSPS) is 17.4. The first-order chi connectivity index (χ1) is 14.1. The fraction of sp³-hybridized carbons (Fsp3) is 0.450. The Labute approximate surface area is 170 Å². The third kappa shape index (κ3) is 4.28. The molecule has 0 unspecified atom stereocenters. The van der Waals surface area contributed by atoms with Gasteiger partial charge in [-0.25, -0.2) is 15.0 Å². The molecule has 9 heteroatoms. The average molecular weight is 395 g/mol. The zero-order valence-electron chi connectivity index (χ0n) is 16.6. The number of anilines is 2. The third-order valence-corrected chi connectivity index (χ3v) is 5.46. The van der Waals surface area contributed by atoms with Gasteiger partial charge in [0.15, 0.2) is 0 Å². The molecular formula is C20H25N7O2. The van der Waals surface area contributed by atoms with Crippen LogP contribution in [0, 0.1) is 0 Å². The van der Waals surface area contributed by atoms with Crippen LogP contribution < -0.4 is 9.80 Å². The zero-order chi connectivity index (χ0) is 20.2. The van der Waals surface area contributed by atoms with E-state index in [0.29, 0.717) is 31.9 Å². The van der Waals surface area contributed by atoms with Crippen molar-refractivity contribution < 1.29 is 9.59 Å². The fourth-order valence-electron chi connectivity index (χ4n) is 3.73. The largest absolute Gasteiger partial charge is 0.353 e. The SMILES string of the molecule is CC(=O)N1CCN(C(=O)c2cc(N3CCN(c4ccccn4)CC3)ncn2)CC1. The van der Waals surface area contributed by atoms with Crippen molar-refractivity contribution in [1.82, 2.24) is 24.8 Å². The first-order valence-electron chi connectivity index (χ1n) is 9.89. The Morgan fingerprint density at radius 2 is 1.45 bits per heavy atom. The highest BCUT2D eigenvalue weighted by atomic mass is 16.2. The number of pyridine rings is 1. The summed E-state index contributed by atoms with van der Waals surface area (Å²) in [6.07, 6.45) is 3.26. The highest BCUT2D eigenvalue weighted by molar-refractivity contribution is 5.93. The molecule has 2 saturated heterocycles. The van der Waals surface area contributed by atoms with Gasteiger partial charge in [0.2, 0.25) is 5.91 Å². The maximum atomic E-state index is 12.8. The monoisotopic (exact) mass is 395 g/mol. The molecule has 0 saturated carbocycles. The standard InChI is InChI=1S/C20H25N7O2/c1-16(28)24-6-12-27(13-7-24)20(29)17-14-19(23-15-22-17)26-10-8-25(9-11-26)18-4-2-3-5-21-18/h2-5,14-15H,6-13H2,1H3. The Morgan fingerprint density at radius 1 is 0.793 bits per heavy atom. The quantitative estimate of drug-likeness (QED) is 0.748. The van der Waals surface area contributed by atoms with E-state index in [1.54, 1.807) is 29.0 Å². The molecular weight excluding hydrogens is 370 g/mol. The van der Waals surface area contributed by atoms with E-state index in [0.717, 1.165) is 37.8 Å². The van der Waals surface area contributed by atoms with E-state index >= 15 is 0 Å². The molecule has 2 amide bonds. The summed E-state index contributed by atoms with van der Waals surface area (Å²) < 4.78 is 0. The number of aromatic nitrogens is 3. The Kier molecular flexibility index (Phi) is 5.55. The van der Waals surface area contributed by atoms with Crippen LogP contribution in [0.1, 0.15) is 17.4 Å². The number of piperazine rings is 2. The number of hydrogen-bond donors (Lipinski definition) is 0. The molecule has 4 heterocycles. The summed E-state index contributed by atoms with van der Waals surface area (Å²) in [6, 6.07) is 7.70. The summed E-state index contributed by atoms with van der Waals surface area (Å²) >= 11 is 0. The molecule has 4 rings (SSSR count). The van der Waals surface area contributed by atoms with E-state index in [2.05, 4.69) is 24.8 Å². The minimum absolute atomic E-state index is 0.0475. The molecule has 29 heavy (non-hydrogen) atoms. The number of hydrogen-bond acceptors (Lipinski definition) is 7. The summed E-state index contributed by atoms with van der Waals surface area (Å²) in [4.78, 5) is 45.2. The second-order valence-electron chi connectivity index (χ2n) is 7.22. The molecule has 0 radical (unpaired) electrons. The third-order valence-electron chi connectivity index (χ3n) is 5.46. The van der Waals surface area contributed by atoms with Crippen LogP contribution in [0.3, 0.4) is 0 Å². The van der Waals surface area contributed by atoms with Gasteiger partial charge in [0, 0.05) is 71.5 Å². The Balaban J connectivity index is 1.38. The van der Waals surface area contributed by atoms with Gasteiger partial charge in [-0.05, 0) is 12.1 Å². The van der Waals surface area contributed by atoms with Crippen molar-refractivity contribution in [3.8, 4) is 0 Å². The summed E-state index contributed by atoms with van der Waals surface area (Å²) in [5.74, 6) is 1.69. The number of rotatable bonds is 3. The zero-order valence-corrected chi connectivity index (χ0v) is 16.6. The van der Waals surface area contributed by atoms with Crippen molar-refractivity contribution in [2.24, 2.45) is 0 Å². The highest BCUT2D eigenvalue weighted by Gasteiger charge is 2.25. The highest BCUT2D eigenvalue weighted by Crippen LogP contribution is 2.18. The molecule has 9 nitrogen and oxygen atoms in total. The van der Waals surface area contributed by atoms with E-state index in [9.17, 15) is 9.59 Å². The average Bonchev–Trinajstić information content (AvgIpc) is 2.79. The lowest BCUT2D eigenvalue weighted by atomic mass is 10.2. The van der Waals surface area contributed by atoms with Gasteiger partial charge in [0.1, 0.15) is 23.7 Å². The number of amides is 2. The summed E-state index contributed by atoms with van der Waals surface area (Å²) in [7, 11) is 0. The van der Waals surface area contributed by atoms with Gasteiger partial charge < -0.3 is 19.6 Å². The van der Waals surface area contributed by atoms with Crippen LogP contribution in [-0.4, -0.2) is 88.9 Å². The lowest BCUT2D eigenvalue weighted by molar-refractivity contribution is -0.130. The lowest BCUT2D eigenvalue weighted by Gasteiger charge is -2.36. The molecule has 0 atom stereocenters. The second kappa shape index (κ2) is 8.42. The maximum Gasteiger partial charge on any atom is 0.272 e. The number of nitrogens with zero attached hydrogens (tertiary/aromatic N) is 7. The first kappa shape index (κ1) is 19.1. The minimum atomic E-state index is -0.107. The topological polar surface area (TPSA) is 85.8 Å². The van der Waals surface area contributed by atoms with E-state index in [1.807, 2.05) is 18.2 Å². The molecule has 2 aromatic rings. The van der Waals surface area contributed by atoms with Gasteiger partial charge in [0.25, 0.3) is 5.91 Å². The Hall–Kier alpha value is -3.23. The Bertz CT molecular complexity index is 860. The van der Waals surface area contributed by atoms with Crippen LogP contribution in [0.25, 0.3) is 0 Å². The van der Waals surface area contributed by atoms with Crippen LogP contribution >= 0.6 is 0 Å². The fourth-order valence-corrected chi connectivity index (χ4v) is 3.73. The predicted octanol–water partition coefficient (Wildman–Crippen LogP) is 0.503. The van der Waals surface area contributed by atoms with Gasteiger partial charge in [-0.15, -0.1) is 0 Å². The van der Waals surface area contributed by atoms with E-state index < -0.39 is 0 Å². The summed E-state index contributed by atoms with van der Waals surface area (Å²) in [5.41, 5.74) is 0.401. The first-order valence-corrected chi connectivity index (χ1v) is 9.89. The van der Waals surface area contributed by atoms with Crippen LogP contribution in [0.15, 0.2) is 36.8 Å². The van der Waals surface area contributed by atoms with Gasteiger partial charge in [-0.2, -0.15) is 0 Å². The van der Waals surface area contributed by atoms with E-state index in [-0.39, 0.29) is 11.8 Å². The van der Waals surface area contributed by atoms with Gasteiger partial charge in [0.05, 0.1) is 0 Å². The van der Waals surface area contributed by atoms with E-state index in [4.69, 9.17) is 0 Å². The van der Waals surface area contributed by atoms with Crippen molar-refractivity contribution in [2.45, 2.75) is 6.92 Å².